The van der Waals surface area contributed by atoms with Gasteiger partial charge >= 0.3 is 6.03 Å². The number of urea groups is 1. The largest absolute Gasteiger partial charge is 0.372 e. The molecule has 2 heterocycles. The lowest BCUT2D eigenvalue weighted by Crippen LogP contribution is -2.54. The number of amides is 2. The Balaban J connectivity index is 1.88. The molecule has 1 aliphatic rings. The summed E-state index contributed by atoms with van der Waals surface area (Å²) in [4.78, 5) is 19.7. The minimum Gasteiger partial charge on any atom is -0.372 e. The number of aryl methyl sites for hydroxylation is 2. The van der Waals surface area contributed by atoms with Crippen LogP contribution < -0.4 is 5.32 Å². The molecule has 1 atom stereocenters. The fourth-order valence-electron chi connectivity index (χ4n) is 2.20. The Bertz CT molecular complexity index is 469. The van der Waals surface area contributed by atoms with E-state index in [4.69, 9.17) is 4.74 Å². The van der Waals surface area contributed by atoms with Crippen LogP contribution in [0.3, 0.4) is 0 Å². The van der Waals surface area contributed by atoms with Crippen LogP contribution in [-0.2, 0) is 11.3 Å². The lowest BCUT2D eigenvalue weighted by molar-refractivity contribution is -0.0872. The minimum atomic E-state index is -0.218. The number of hydrogen-bond acceptors (Lipinski definition) is 4. The first-order valence-electron chi connectivity index (χ1n) is 7.03. The van der Waals surface area contributed by atoms with E-state index in [2.05, 4.69) is 24.1 Å². The van der Waals surface area contributed by atoms with Crippen molar-refractivity contribution in [1.82, 2.24) is 15.2 Å². The highest BCUT2D eigenvalue weighted by Crippen LogP contribution is 2.21. The first-order chi connectivity index (χ1) is 9.43. The second-order valence-electron chi connectivity index (χ2n) is 5.48. The number of thiazole rings is 1. The van der Waals surface area contributed by atoms with Crippen molar-refractivity contribution in [2.45, 2.75) is 46.3 Å². The van der Waals surface area contributed by atoms with E-state index in [1.165, 1.54) is 4.88 Å². The van der Waals surface area contributed by atoms with Crippen molar-refractivity contribution in [3.05, 3.63) is 15.6 Å². The van der Waals surface area contributed by atoms with Crippen LogP contribution in [0.25, 0.3) is 0 Å². The van der Waals surface area contributed by atoms with Crippen molar-refractivity contribution >= 4 is 17.4 Å². The van der Waals surface area contributed by atoms with Gasteiger partial charge in [0.2, 0.25) is 0 Å². The molecule has 0 radical (unpaired) electrons. The fraction of sp³-hybridized carbons (Fsp3) is 0.714. The summed E-state index contributed by atoms with van der Waals surface area (Å²) in [6, 6.07) is -0.0292. The standard InChI is InChI=1S/C14H23N3O2S/c1-5-14(4)9-17(6-7-19-14)13(18)15-8-12-16-10(2)11(3)20-12/h5-9H2,1-4H3,(H,15,18). The second kappa shape index (κ2) is 6.10. The third kappa shape index (κ3) is 3.49. The Kier molecular flexibility index (Phi) is 4.65. The number of ether oxygens (including phenoxy) is 1. The maximum absolute atomic E-state index is 12.2. The predicted molar refractivity (Wildman–Crippen MR) is 80.0 cm³/mol. The number of rotatable bonds is 3. The quantitative estimate of drug-likeness (QED) is 0.932. The van der Waals surface area contributed by atoms with E-state index in [9.17, 15) is 4.79 Å². The van der Waals surface area contributed by atoms with Gasteiger partial charge in [-0.05, 0) is 27.2 Å². The Hall–Kier alpha value is -1.14. The van der Waals surface area contributed by atoms with E-state index < -0.39 is 0 Å². The van der Waals surface area contributed by atoms with E-state index in [1.807, 2.05) is 18.7 Å². The summed E-state index contributed by atoms with van der Waals surface area (Å²) in [5.41, 5.74) is 0.827. The van der Waals surface area contributed by atoms with Gasteiger partial charge in [0.1, 0.15) is 5.01 Å². The number of carbonyl (C=O) groups excluding carboxylic acids is 1. The lowest BCUT2D eigenvalue weighted by atomic mass is 10.0. The second-order valence-corrected chi connectivity index (χ2v) is 6.77. The molecule has 1 unspecified atom stereocenters. The Labute approximate surface area is 124 Å². The molecule has 1 fully saturated rings. The summed E-state index contributed by atoms with van der Waals surface area (Å²) in [6.07, 6.45) is 0.904. The molecule has 2 amide bonds. The van der Waals surface area contributed by atoms with Crippen molar-refractivity contribution in [2.24, 2.45) is 0 Å². The van der Waals surface area contributed by atoms with Crippen molar-refractivity contribution in [3.63, 3.8) is 0 Å². The van der Waals surface area contributed by atoms with Crippen LogP contribution in [0.4, 0.5) is 4.79 Å². The van der Waals surface area contributed by atoms with E-state index in [0.29, 0.717) is 26.2 Å². The van der Waals surface area contributed by atoms with Gasteiger partial charge in [-0.15, -0.1) is 11.3 Å². The number of carbonyl (C=O) groups is 1. The monoisotopic (exact) mass is 297 g/mol. The lowest BCUT2D eigenvalue weighted by Gasteiger charge is -2.39. The van der Waals surface area contributed by atoms with E-state index >= 15 is 0 Å². The van der Waals surface area contributed by atoms with Gasteiger partial charge in [-0.1, -0.05) is 6.92 Å². The van der Waals surface area contributed by atoms with Crippen molar-refractivity contribution in [2.75, 3.05) is 19.7 Å². The van der Waals surface area contributed by atoms with Crippen molar-refractivity contribution < 1.29 is 9.53 Å². The third-order valence-electron chi connectivity index (χ3n) is 3.84. The van der Waals surface area contributed by atoms with Crippen LogP contribution in [0.1, 0.15) is 35.8 Å². The SMILES string of the molecule is CCC1(C)CN(C(=O)NCc2nc(C)c(C)s2)CCO1. The number of morpholine rings is 1. The maximum atomic E-state index is 12.2. The molecule has 0 bridgehead atoms. The highest BCUT2D eigenvalue weighted by Gasteiger charge is 2.32. The molecule has 1 aromatic rings. The molecule has 112 valence electrons. The molecule has 0 spiro atoms. The normalized spacial score (nSPS) is 22.9. The molecular formula is C14H23N3O2S. The zero-order valence-corrected chi connectivity index (χ0v) is 13.5. The average Bonchev–Trinajstić information content (AvgIpc) is 2.75. The molecule has 20 heavy (non-hydrogen) atoms. The first-order valence-corrected chi connectivity index (χ1v) is 7.85. The van der Waals surface area contributed by atoms with E-state index in [-0.39, 0.29) is 11.6 Å². The number of aromatic nitrogens is 1. The molecule has 0 saturated carbocycles. The molecular weight excluding hydrogens is 274 g/mol. The summed E-state index contributed by atoms with van der Waals surface area (Å²) in [5.74, 6) is 0. The Morgan fingerprint density at radius 1 is 1.55 bits per heavy atom. The van der Waals surface area contributed by atoms with Gasteiger partial charge in [-0.25, -0.2) is 9.78 Å². The molecule has 1 saturated heterocycles. The molecule has 1 N–H and O–H groups in total. The van der Waals surface area contributed by atoms with Crippen LogP contribution in [0.5, 0.6) is 0 Å². The fourth-order valence-corrected chi connectivity index (χ4v) is 3.07. The van der Waals surface area contributed by atoms with Gasteiger partial charge in [-0.3, -0.25) is 0 Å². The van der Waals surface area contributed by atoms with Crippen molar-refractivity contribution in [3.8, 4) is 0 Å². The number of nitrogens with zero attached hydrogens (tertiary/aromatic N) is 2. The van der Waals surface area contributed by atoms with Crippen LogP contribution in [0, 0.1) is 13.8 Å². The van der Waals surface area contributed by atoms with Crippen LogP contribution in [0.15, 0.2) is 0 Å². The predicted octanol–water partition coefficient (Wildman–Crippen LogP) is 2.47. The van der Waals surface area contributed by atoms with Gasteiger partial charge in [0.15, 0.2) is 0 Å². The van der Waals surface area contributed by atoms with Gasteiger partial charge in [-0.2, -0.15) is 0 Å². The Morgan fingerprint density at radius 3 is 2.90 bits per heavy atom. The topological polar surface area (TPSA) is 54.5 Å². The number of hydrogen-bond donors (Lipinski definition) is 1. The van der Waals surface area contributed by atoms with Gasteiger partial charge < -0.3 is 15.0 Å². The highest BCUT2D eigenvalue weighted by atomic mass is 32.1. The summed E-state index contributed by atoms with van der Waals surface area (Å²) in [6.45, 7) is 10.6. The molecule has 6 heteroatoms. The summed E-state index contributed by atoms with van der Waals surface area (Å²) in [5, 5.41) is 3.91. The summed E-state index contributed by atoms with van der Waals surface area (Å²) < 4.78 is 5.74. The minimum absolute atomic E-state index is 0.0292. The summed E-state index contributed by atoms with van der Waals surface area (Å²) in [7, 11) is 0. The molecule has 1 aliphatic heterocycles. The first kappa shape index (κ1) is 15.3. The number of nitrogens with one attached hydrogen (secondary N) is 1. The van der Waals surface area contributed by atoms with Gasteiger partial charge in [0.25, 0.3) is 0 Å². The molecule has 1 aromatic heterocycles. The molecule has 0 aromatic carbocycles. The van der Waals surface area contributed by atoms with Crippen LogP contribution in [-0.4, -0.2) is 41.2 Å². The zero-order valence-electron chi connectivity index (χ0n) is 12.7. The zero-order chi connectivity index (χ0) is 14.8. The van der Waals surface area contributed by atoms with E-state index in [1.54, 1.807) is 11.3 Å². The van der Waals surface area contributed by atoms with E-state index in [0.717, 1.165) is 17.1 Å². The average molecular weight is 297 g/mol. The molecule has 5 nitrogen and oxygen atoms in total. The smallest absolute Gasteiger partial charge is 0.317 e. The maximum Gasteiger partial charge on any atom is 0.317 e. The summed E-state index contributed by atoms with van der Waals surface area (Å²) >= 11 is 1.64. The van der Waals surface area contributed by atoms with Crippen LogP contribution >= 0.6 is 11.3 Å². The van der Waals surface area contributed by atoms with Crippen molar-refractivity contribution in [1.29, 1.82) is 0 Å². The van der Waals surface area contributed by atoms with Gasteiger partial charge in [0.05, 0.1) is 31.0 Å². The molecule has 2 rings (SSSR count). The van der Waals surface area contributed by atoms with Gasteiger partial charge in [0, 0.05) is 11.4 Å². The third-order valence-corrected chi connectivity index (χ3v) is 4.91. The highest BCUT2D eigenvalue weighted by molar-refractivity contribution is 7.11. The molecule has 0 aliphatic carbocycles. The Morgan fingerprint density at radius 2 is 2.30 bits per heavy atom. The van der Waals surface area contributed by atoms with Crippen LogP contribution in [0.2, 0.25) is 0 Å².